The van der Waals surface area contributed by atoms with Crippen LogP contribution in [0.5, 0.6) is 0 Å². The summed E-state index contributed by atoms with van der Waals surface area (Å²) in [5.41, 5.74) is -5.73. The van der Waals surface area contributed by atoms with Gasteiger partial charge in [-0.15, -0.1) is 0 Å². The lowest BCUT2D eigenvalue weighted by atomic mass is 10.1. The van der Waals surface area contributed by atoms with E-state index >= 15 is 0 Å². The number of carbonyl (C=O) groups excluding carboxylic acids is 1. The number of carbonyl (C=O) groups is 1. The quantitative estimate of drug-likeness (QED) is 0.663. The van der Waals surface area contributed by atoms with E-state index in [9.17, 15) is 26.4 Å². The maximum Gasteiger partial charge on any atom is 0.518 e. The lowest BCUT2D eigenvalue weighted by molar-refractivity contribution is -0.111. The van der Waals surface area contributed by atoms with Crippen LogP contribution in [0.15, 0.2) is 28.2 Å². The fraction of sp³-hybridized carbons (Fsp3) is 0.250. The highest BCUT2D eigenvalue weighted by atomic mass is 32.2. The second-order valence-electron chi connectivity index (χ2n) is 2.96. The Kier molecular flexibility index (Phi) is 3.04. The van der Waals surface area contributed by atoms with Gasteiger partial charge >= 0.3 is 15.5 Å². The Balaban J connectivity index is 3.15. The summed E-state index contributed by atoms with van der Waals surface area (Å²) in [6.07, 6.45) is 2.85. The Bertz CT molecular complexity index is 511. The summed E-state index contributed by atoms with van der Waals surface area (Å²) in [6, 6.07) is 0. The van der Waals surface area contributed by atoms with Crippen LogP contribution in [0, 0.1) is 0 Å². The molecule has 0 saturated carbocycles. The number of nitrogens with zero attached hydrogens (tertiary/aromatic N) is 1. The highest BCUT2D eigenvalue weighted by Gasteiger charge is 2.46. The Morgan fingerprint density at radius 3 is 2.25 bits per heavy atom. The summed E-state index contributed by atoms with van der Waals surface area (Å²) in [5, 5.41) is 0. The largest absolute Gasteiger partial charge is 0.518 e. The number of allylic oxidation sites excluding steroid dienone is 4. The predicted octanol–water partition coefficient (Wildman–Crippen LogP) is 1.36. The van der Waals surface area contributed by atoms with E-state index in [1.54, 1.807) is 0 Å². The highest BCUT2D eigenvalue weighted by Crippen LogP contribution is 2.25. The van der Waals surface area contributed by atoms with Gasteiger partial charge in [0.1, 0.15) is 0 Å². The fourth-order valence-corrected chi connectivity index (χ4v) is 1.38. The van der Waals surface area contributed by atoms with Crippen LogP contribution < -0.4 is 0 Å². The van der Waals surface area contributed by atoms with Crippen molar-refractivity contribution in [2.45, 2.75) is 12.4 Å². The summed E-state index contributed by atoms with van der Waals surface area (Å²) in [4.78, 5) is 10.9. The van der Waals surface area contributed by atoms with Gasteiger partial charge in [0.25, 0.3) is 0 Å². The molecule has 0 amide bonds. The van der Waals surface area contributed by atoms with E-state index in [4.69, 9.17) is 0 Å². The zero-order valence-electron chi connectivity index (χ0n) is 7.95. The van der Waals surface area contributed by atoms with Crippen molar-refractivity contribution in [2.24, 2.45) is 4.40 Å². The molecule has 0 aromatic carbocycles. The molecule has 0 heterocycles. The SMILES string of the molecule is CC1=CC(=NS(=O)(=O)C(F)(F)F)C=CC1=O. The van der Waals surface area contributed by atoms with Crippen molar-refractivity contribution in [1.29, 1.82) is 0 Å². The Morgan fingerprint density at radius 2 is 1.81 bits per heavy atom. The van der Waals surface area contributed by atoms with Gasteiger partial charge in [-0.2, -0.15) is 26.0 Å². The van der Waals surface area contributed by atoms with Crippen LogP contribution in [-0.2, 0) is 14.8 Å². The predicted molar refractivity (Wildman–Crippen MR) is 50.3 cm³/mol. The van der Waals surface area contributed by atoms with Crippen LogP contribution in [0.4, 0.5) is 13.2 Å². The van der Waals surface area contributed by atoms with Gasteiger partial charge in [0.2, 0.25) is 0 Å². The minimum absolute atomic E-state index is 0.124. The first-order valence-corrected chi connectivity index (χ1v) is 5.39. The standard InChI is InChI=1S/C8H6F3NO3S/c1-5-4-6(2-3-7(5)13)12-16(14,15)8(9,10)11/h2-4H,1H3. The van der Waals surface area contributed by atoms with Gasteiger partial charge in [-0.3, -0.25) is 4.79 Å². The molecule has 0 aromatic rings. The number of hydrogen-bond donors (Lipinski definition) is 0. The minimum atomic E-state index is -5.56. The van der Waals surface area contributed by atoms with Gasteiger partial charge in [-0.05, 0) is 30.7 Å². The van der Waals surface area contributed by atoms with Crippen LogP contribution in [0.2, 0.25) is 0 Å². The molecule has 8 heteroatoms. The lowest BCUT2D eigenvalue weighted by Crippen LogP contribution is -2.22. The van der Waals surface area contributed by atoms with Crippen molar-refractivity contribution < 1.29 is 26.4 Å². The zero-order valence-corrected chi connectivity index (χ0v) is 8.76. The first-order valence-electron chi connectivity index (χ1n) is 3.95. The first kappa shape index (κ1) is 12.6. The van der Waals surface area contributed by atoms with Gasteiger partial charge in [0.05, 0.1) is 5.71 Å². The number of hydrogen-bond acceptors (Lipinski definition) is 3. The maximum absolute atomic E-state index is 12.0. The Morgan fingerprint density at radius 1 is 1.25 bits per heavy atom. The molecule has 1 rings (SSSR count). The van der Waals surface area contributed by atoms with Crippen molar-refractivity contribution >= 4 is 21.5 Å². The van der Waals surface area contributed by atoms with Crippen LogP contribution in [0.1, 0.15) is 6.92 Å². The highest BCUT2D eigenvalue weighted by molar-refractivity contribution is 7.91. The molecule has 0 aromatic heterocycles. The second-order valence-corrected chi connectivity index (χ2v) is 4.56. The summed E-state index contributed by atoms with van der Waals surface area (Å²) >= 11 is 0. The molecule has 0 saturated heterocycles. The van der Waals surface area contributed by atoms with E-state index in [2.05, 4.69) is 4.40 Å². The normalized spacial score (nSPS) is 20.1. The third-order valence-corrected chi connectivity index (χ3v) is 2.71. The van der Waals surface area contributed by atoms with E-state index in [1.807, 2.05) is 0 Å². The molecule has 0 bridgehead atoms. The average Bonchev–Trinajstić information content (AvgIpc) is 2.09. The number of alkyl halides is 3. The monoisotopic (exact) mass is 253 g/mol. The summed E-state index contributed by atoms with van der Waals surface area (Å²) in [6.45, 7) is 1.35. The third kappa shape index (κ3) is 2.57. The number of ketones is 1. The average molecular weight is 253 g/mol. The van der Waals surface area contributed by atoms with Crippen LogP contribution in [0.25, 0.3) is 0 Å². The maximum atomic E-state index is 12.0. The molecular formula is C8H6F3NO3S. The van der Waals surface area contributed by atoms with Crippen LogP contribution in [0.3, 0.4) is 0 Å². The Labute approximate surface area is 89.2 Å². The van der Waals surface area contributed by atoms with Gasteiger partial charge in [-0.25, -0.2) is 0 Å². The summed E-state index contributed by atoms with van der Waals surface area (Å²) in [5.74, 6) is -0.400. The number of halogens is 3. The number of sulfonamides is 1. The van der Waals surface area contributed by atoms with Crippen molar-refractivity contribution in [1.82, 2.24) is 0 Å². The van der Waals surface area contributed by atoms with Gasteiger partial charge in [-0.1, -0.05) is 0 Å². The first-order chi connectivity index (χ1) is 7.13. The van der Waals surface area contributed by atoms with E-state index < -0.39 is 27.0 Å². The molecule has 0 spiro atoms. The molecular weight excluding hydrogens is 247 g/mol. The molecule has 0 aliphatic heterocycles. The molecule has 0 atom stereocenters. The molecule has 1 aliphatic rings. The molecule has 1 aliphatic carbocycles. The molecule has 0 fully saturated rings. The van der Waals surface area contributed by atoms with Gasteiger partial charge in [0, 0.05) is 0 Å². The fourth-order valence-electron chi connectivity index (χ4n) is 0.881. The van der Waals surface area contributed by atoms with E-state index in [-0.39, 0.29) is 5.57 Å². The van der Waals surface area contributed by atoms with E-state index in [0.29, 0.717) is 0 Å². The Hall–Kier alpha value is -1.44. The molecule has 0 unspecified atom stereocenters. The van der Waals surface area contributed by atoms with Crippen LogP contribution in [-0.4, -0.2) is 25.4 Å². The topological polar surface area (TPSA) is 63.6 Å². The van der Waals surface area contributed by atoms with Crippen molar-refractivity contribution in [3.05, 3.63) is 23.8 Å². The van der Waals surface area contributed by atoms with Crippen LogP contribution >= 0.6 is 0 Å². The van der Waals surface area contributed by atoms with Crippen molar-refractivity contribution in [3.8, 4) is 0 Å². The van der Waals surface area contributed by atoms with Crippen molar-refractivity contribution in [2.75, 3.05) is 0 Å². The van der Waals surface area contributed by atoms with Gasteiger partial charge < -0.3 is 0 Å². The third-order valence-electron chi connectivity index (χ3n) is 1.68. The molecule has 0 radical (unpaired) electrons. The van der Waals surface area contributed by atoms with Gasteiger partial charge in [0.15, 0.2) is 5.78 Å². The second kappa shape index (κ2) is 3.85. The van der Waals surface area contributed by atoms with Crippen molar-refractivity contribution in [3.63, 3.8) is 0 Å². The van der Waals surface area contributed by atoms with E-state index in [1.165, 1.54) is 6.92 Å². The minimum Gasteiger partial charge on any atom is -0.290 e. The molecule has 0 N–H and O–H groups in total. The zero-order chi connectivity index (χ0) is 12.6. The van der Waals surface area contributed by atoms with E-state index in [0.717, 1.165) is 18.2 Å². The summed E-state index contributed by atoms with van der Waals surface area (Å²) in [7, 11) is -5.56. The summed E-state index contributed by atoms with van der Waals surface area (Å²) < 4.78 is 59.7. The molecule has 88 valence electrons. The number of rotatable bonds is 1. The smallest absolute Gasteiger partial charge is 0.290 e. The lowest BCUT2D eigenvalue weighted by Gasteiger charge is -2.06. The molecule has 16 heavy (non-hydrogen) atoms. The molecule has 4 nitrogen and oxygen atoms in total.